The molecule has 4 aromatic rings. The fourth-order valence-electron chi connectivity index (χ4n) is 2.38. The molecule has 0 saturated carbocycles. The number of fused-ring (bicyclic) bond motifs is 5. The zero-order chi connectivity index (χ0) is 11.2. The van der Waals surface area contributed by atoms with E-state index in [0.29, 0.717) is 0 Å². The van der Waals surface area contributed by atoms with Crippen molar-refractivity contribution in [3.63, 3.8) is 0 Å². The molecule has 1 nitrogen and oxygen atoms in total. The molecule has 17 heavy (non-hydrogen) atoms. The average Bonchev–Trinajstić information content (AvgIpc) is 2.77. The molecule has 0 fully saturated rings. The van der Waals surface area contributed by atoms with Gasteiger partial charge in [-0.1, -0.05) is 24.3 Å². The highest BCUT2D eigenvalue weighted by Gasteiger charge is 2.07. The predicted molar refractivity (Wildman–Crippen MR) is 74.6 cm³/mol. The molecule has 0 aliphatic heterocycles. The Balaban J connectivity index is 2.38. The Morgan fingerprint density at radius 3 is 2.76 bits per heavy atom. The standard InChI is InChI=1S/C15H9NS/c1-2-4-13-11(3-1)15-12-9-16-8-7-10(12)5-6-14(15)17-13/h1-9H. The average molecular weight is 235 g/mol. The summed E-state index contributed by atoms with van der Waals surface area (Å²) in [5.41, 5.74) is 0. The number of rotatable bonds is 0. The maximum atomic E-state index is 4.25. The lowest BCUT2D eigenvalue weighted by atomic mass is 10.1. The summed E-state index contributed by atoms with van der Waals surface area (Å²) in [6.45, 7) is 0. The van der Waals surface area contributed by atoms with E-state index in [0.717, 1.165) is 0 Å². The Hall–Kier alpha value is -1.93. The third-order valence-electron chi connectivity index (χ3n) is 3.16. The molecule has 0 N–H and O–H groups in total. The van der Waals surface area contributed by atoms with Gasteiger partial charge in [0.2, 0.25) is 0 Å². The molecule has 2 aromatic carbocycles. The van der Waals surface area contributed by atoms with E-state index in [-0.39, 0.29) is 0 Å². The van der Waals surface area contributed by atoms with Crippen molar-refractivity contribution in [2.75, 3.05) is 0 Å². The molecule has 0 saturated heterocycles. The second-order valence-corrected chi connectivity index (χ2v) is 5.22. The first-order valence-electron chi connectivity index (χ1n) is 5.57. The highest BCUT2D eigenvalue weighted by Crippen LogP contribution is 2.37. The molecule has 0 bridgehead atoms. The van der Waals surface area contributed by atoms with Gasteiger partial charge in [0.25, 0.3) is 0 Å². The van der Waals surface area contributed by atoms with Crippen LogP contribution in [0.15, 0.2) is 54.9 Å². The van der Waals surface area contributed by atoms with Gasteiger partial charge in [-0.2, -0.15) is 0 Å². The molecule has 2 heteroatoms. The maximum absolute atomic E-state index is 4.25. The number of nitrogens with zero attached hydrogens (tertiary/aromatic N) is 1. The van der Waals surface area contributed by atoms with Crippen LogP contribution in [0.5, 0.6) is 0 Å². The molecule has 4 rings (SSSR count). The second-order valence-electron chi connectivity index (χ2n) is 4.13. The van der Waals surface area contributed by atoms with E-state index >= 15 is 0 Å². The van der Waals surface area contributed by atoms with Gasteiger partial charge in [-0.25, -0.2) is 0 Å². The van der Waals surface area contributed by atoms with Gasteiger partial charge in [-0.3, -0.25) is 4.98 Å². The third-order valence-corrected chi connectivity index (χ3v) is 4.30. The van der Waals surface area contributed by atoms with Crippen LogP contribution in [-0.2, 0) is 0 Å². The van der Waals surface area contributed by atoms with E-state index in [2.05, 4.69) is 47.4 Å². The lowest BCUT2D eigenvalue weighted by molar-refractivity contribution is 1.37. The lowest BCUT2D eigenvalue weighted by Gasteiger charge is -1.98. The Kier molecular flexibility index (Phi) is 1.76. The van der Waals surface area contributed by atoms with E-state index in [9.17, 15) is 0 Å². The van der Waals surface area contributed by atoms with Gasteiger partial charge in [0.05, 0.1) is 0 Å². The minimum absolute atomic E-state index is 1.25. The van der Waals surface area contributed by atoms with E-state index in [1.807, 2.05) is 23.7 Å². The number of hydrogen-bond donors (Lipinski definition) is 0. The summed E-state index contributed by atoms with van der Waals surface area (Å²) < 4.78 is 2.69. The van der Waals surface area contributed by atoms with E-state index in [4.69, 9.17) is 0 Å². The van der Waals surface area contributed by atoms with Crippen LogP contribution in [0.25, 0.3) is 30.9 Å². The van der Waals surface area contributed by atoms with Crippen molar-refractivity contribution in [3.8, 4) is 0 Å². The van der Waals surface area contributed by atoms with Crippen LogP contribution in [0.4, 0.5) is 0 Å². The van der Waals surface area contributed by atoms with E-state index < -0.39 is 0 Å². The Labute approximate surface area is 102 Å². The van der Waals surface area contributed by atoms with Gasteiger partial charge < -0.3 is 0 Å². The molecule has 80 valence electrons. The number of hydrogen-bond acceptors (Lipinski definition) is 2. The predicted octanol–water partition coefficient (Wildman–Crippen LogP) is 4.60. The van der Waals surface area contributed by atoms with Gasteiger partial charge in [-0.05, 0) is 23.6 Å². The van der Waals surface area contributed by atoms with Crippen LogP contribution in [0.2, 0.25) is 0 Å². The fraction of sp³-hybridized carbons (Fsp3) is 0. The fourth-order valence-corrected chi connectivity index (χ4v) is 3.51. The monoisotopic (exact) mass is 235 g/mol. The minimum Gasteiger partial charge on any atom is -0.264 e. The van der Waals surface area contributed by atoms with Crippen molar-refractivity contribution in [2.45, 2.75) is 0 Å². The van der Waals surface area contributed by atoms with Crippen molar-refractivity contribution < 1.29 is 0 Å². The largest absolute Gasteiger partial charge is 0.264 e. The summed E-state index contributed by atoms with van der Waals surface area (Å²) >= 11 is 1.85. The zero-order valence-corrected chi connectivity index (χ0v) is 9.87. The molecule has 0 aliphatic rings. The second kappa shape index (κ2) is 3.28. The van der Waals surface area contributed by atoms with Crippen molar-refractivity contribution in [2.24, 2.45) is 0 Å². The topological polar surface area (TPSA) is 12.9 Å². The minimum atomic E-state index is 1.25. The zero-order valence-electron chi connectivity index (χ0n) is 9.05. The molecule has 0 aliphatic carbocycles. The molecule has 0 atom stereocenters. The van der Waals surface area contributed by atoms with Crippen molar-refractivity contribution >= 4 is 42.3 Å². The number of benzene rings is 2. The van der Waals surface area contributed by atoms with Gasteiger partial charge in [-0.15, -0.1) is 11.3 Å². The van der Waals surface area contributed by atoms with Crippen molar-refractivity contribution in [1.29, 1.82) is 0 Å². The molecule has 0 amide bonds. The third kappa shape index (κ3) is 1.22. The Morgan fingerprint density at radius 2 is 1.76 bits per heavy atom. The highest BCUT2D eigenvalue weighted by molar-refractivity contribution is 7.26. The molecular weight excluding hydrogens is 226 g/mol. The smallest absolute Gasteiger partial charge is 0.0362 e. The summed E-state index contributed by atoms with van der Waals surface area (Å²) in [5.74, 6) is 0. The summed E-state index contributed by atoms with van der Waals surface area (Å²) in [6.07, 6.45) is 3.82. The molecule has 0 unspecified atom stereocenters. The molecule has 2 aromatic heterocycles. The quantitative estimate of drug-likeness (QED) is 0.434. The number of pyridine rings is 1. The van der Waals surface area contributed by atoms with Crippen LogP contribution in [0, 0.1) is 0 Å². The summed E-state index contributed by atoms with van der Waals surface area (Å²) in [7, 11) is 0. The van der Waals surface area contributed by atoms with Gasteiger partial charge in [0, 0.05) is 38.0 Å². The van der Waals surface area contributed by atoms with E-state index in [1.165, 1.54) is 30.9 Å². The van der Waals surface area contributed by atoms with Crippen molar-refractivity contribution in [1.82, 2.24) is 4.98 Å². The van der Waals surface area contributed by atoms with Crippen LogP contribution in [0.3, 0.4) is 0 Å². The van der Waals surface area contributed by atoms with Gasteiger partial charge in [0.15, 0.2) is 0 Å². The highest BCUT2D eigenvalue weighted by atomic mass is 32.1. The van der Waals surface area contributed by atoms with E-state index in [1.54, 1.807) is 0 Å². The molecular formula is C15H9NS. The molecule has 0 radical (unpaired) electrons. The summed E-state index contributed by atoms with van der Waals surface area (Å²) in [4.78, 5) is 4.25. The van der Waals surface area contributed by atoms with Gasteiger partial charge in [0.1, 0.15) is 0 Å². The molecule has 0 spiro atoms. The first-order valence-corrected chi connectivity index (χ1v) is 6.39. The SMILES string of the molecule is c1ccc2c(c1)sc1ccc3ccncc3c12. The van der Waals surface area contributed by atoms with Crippen LogP contribution >= 0.6 is 11.3 Å². The first kappa shape index (κ1) is 9.14. The molecule has 2 heterocycles. The first-order chi connectivity index (χ1) is 8.43. The summed E-state index contributed by atoms with van der Waals surface area (Å²) in [5, 5.41) is 5.20. The van der Waals surface area contributed by atoms with Crippen LogP contribution in [-0.4, -0.2) is 4.98 Å². The van der Waals surface area contributed by atoms with Crippen LogP contribution < -0.4 is 0 Å². The van der Waals surface area contributed by atoms with Gasteiger partial charge >= 0.3 is 0 Å². The van der Waals surface area contributed by atoms with Crippen molar-refractivity contribution in [3.05, 3.63) is 54.9 Å². The van der Waals surface area contributed by atoms with Crippen LogP contribution in [0.1, 0.15) is 0 Å². The normalized spacial score (nSPS) is 11.5. The lowest BCUT2D eigenvalue weighted by Crippen LogP contribution is -1.75. The Morgan fingerprint density at radius 1 is 0.824 bits per heavy atom. The number of thiophene rings is 1. The maximum Gasteiger partial charge on any atom is 0.0362 e. The summed E-state index contributed by atoms with van der Waals surface area (Å²) in [6, 6.07) is 15.0. The Bertz CT molecular complexity index is 839. The number of aromatic nitrogens is 1.